The molecule has 0 bridgehead atoms. The highest BCUT2D eigenvalue weighted by Crippen LogP contribution is 2.31. The zero-order valence-corrected chi connectivity index (χ0v) is 12.2. The van der Waals surface area contributed by atoms with Crippen LogP contribution in [0.1, 0.15) is 34.7 Å². The lowest BCUT2D eigenvalue weighted by Crippen LogP contribution is -2.32. The van der Waals surface area contributed by atoms with E-state index in [2.05, 4.69) is 10.3 Å². The van der Waals surface area contributed by atoms with Gasteiger partial charge in [0.25, 0.3) is 12.3 Å². The first-order chi connectivity index (χ1) is 11.0. The maximum Gasteiger partial charge on any atom is 0.295 e. The number of nitrogens with zero attached hydrogens (tertiary/aromatic N) is 2. The minimum atomic E-state index is -2.79. The van der Waals surface area contributed by atoms with Crippen molar-refractivity contribution < 1.29 is 22.8 Å². The van der Waals surface area contributed by atoms with Crippen LogP contribution in [0, 0.1) is 6.92 Å². The van der Waals surface area contributed by atoms with Crippen molar-refractivity contribution in [3.05, 3.63) is 41.6 Å². The summed E-state index contributed by atoms with van der Waals surface area (Å²) in [5, 5.41) is 2.67. The van der Waals surface area contributed by atoms with Crippen molar-refractivity contribution in [2.24, 2.45) is 0 Å². The zero-order chi connectivity index (χ0) is 16.6. The number of fused-ring (bicyclic) bond motifs is 1. The van der Waals surface area contributed by atoms with Crippen molar-refractivity contribution in [3.8, 4) is 0 Å². The second kappa shape index (κ2) is 5.79. The number of rotatable bonds is 2. The van der Waals surface area contributed by atoms with Crippen molar-refractivity contribution in [3.63, 3.8) is 0 Å². The first kappa shape index (κ1) is 15.1. The molecule has 0 saturated carbocycles. The maximum absolute atomic E-state index is 12.7. The fourth-order valence-electron chi connectivity index (χ4n) is 2.41. The van der Waals surface area contributed by atoms with Gasteiger partial charge in [-0.3, -0.25) is 14.6 Å². The van der Waals surface area contributed by atoms with Crippen LogP contribution in [0.5, 0.6) is 0 Å². The van der Waals surface area contributed by atoms with Gasteiger partial charge in [-0.15, -0.1) is 0 Å². The van der Waals surface area contributed by atoms with Gasteiger partial charge in [0.05, 0.1) is 17.6 Å². The third kappa shape index (κ3) is 2.79. The number of carbonyl (C=O) groups excluding carboxylic acids is 2. The Kier molecular flexibility index (Phi) is 3.81. The fourth-order valence-corrected chi connectivity index (χ4v) is 2.41. The number of furan rings is 1. The molecule has 0 saturated heterocycles. The lowest BCUT2D eigenvalue weighted by atomic mass is 10.2. The molecule has 3 rings (SSSR count). The van der Waals surface area contributed by atoms with E-state index in [0.29, 0.717) is 16.9 Å². The molecule has 3 heterocycles. The minimum absolute atomic E-state index is 0.0852. The van der Waals surface area contributed by atoms with E-state index < -0.39 is 18.1 Å². The molecule has 0 aliphatic carbocycles. The maximum atomic E-state index is 12.7. The average molecular weight is 321 g/mol. The van der Waals surface area contributed by atoms with Gasteiger partial charge in [-0.2, -0.15) is 0 Å². The van der Waals surface area contributed by atoms with E-state index in [0.717, 1.165) is 6.07 Å². The number of anilines is 2. The van der Waals surface area contributed by atoms with Crippen LogP contribution in [0.4, 0.5) is 20.2 Å². The molecule has 1 aliphatic heterocycles. The van der Waals surface area contributed by atoms with Crippen LogP contribution in [-0.2, 0) is 4.79 Å². The largest absolute Gasteiger partial charge is 0.450 e. The topological polar surface area (TPSA) is 75.4 Å². The normalized spacial score (nSPS) is 14.4. The molecule has 0 spiro atoms. The molecule has 0 aromatic carbocycles. The summed E-state index contributed by atoms with van der Waals surface area (Å²) in [6.45, 7) is 1.63. The number of aromatic nitrogens is 1. The van der Waals surface area contributed by atoms with Gasteiger partial charge in [-0.05, 0) is 19.1 Å². The van der Waals surface area contributed by atoms with E-state index >= 15 is 0 Å². The molecular formula is C15H13F2N3O3. The monoisotopic (exact) mass is 321 g/mol. The summed E-state index contributed by atoms with van der Waals surface area (Å²) in [4.78, 5) is 29.7. The van der Waals surface area contributed by atoms with E-state index in [-0.39, 0.29) is 24.6 Å². The minimum Gasteiger partial charge on any atom is -0.450 e. The Balaban J connectivity index is 2.01. The summed E-state index contributed by atoms with van der Waals surface area (Å²) in [7, 11) is 0. The molecule has 0 radical (unpaired) electrons. The zero-order valence-electron chi connectivity index (χ0n) is 12.2. The summed E-state index contributed by atoms with van der Waals surface area (Å²) >= 11 is 0. The fraction of sp³-hybridized carbons (Fsp3) is 0.267. The molecule has 2 aromatic rings. The smallest absolute Gasteiger partial charge is 0.295 e. The second-order valence-corrected chi connectivity index (χ2v) is 5.11. The van der Waals surface area contributed by atoms with Crippen LogP contribution in [0.15, 0.2) is 28.9 Å². The molecule has 1 N–H and O–H groups in total. The lowest BCUT2D eigenvalue weighted by Gasteiger charge is -2.20. The Labute approximate surface area is 130 Å². The van der Waals surface area contributed by atoms with Crippen molar-refractivity contribution in [2.45, 2.75) is 19.8 Å². The molecule has 120 valence electrons. The van der Waals surface area contributed by atoms with Gasteiger partial charge in [0.1, 0.15) is 0 Å². The molecular weight excluding hydrogens is 308 g/mol. The van der Waals surface area contributed by atoms with E-state index in [1.54, 1.807) is 6.07 Å². The molecule has 0 fully saturated rings. The van der Waals surface area contributed by atoms with Gasteiger partial charge in [-0.1, -0.05) is 0 Å². The summed E-state index contributed by atoms with van der Waals surface area (Å²) in [6, 6.07) is 2.71. The molecule has 0 atom stereocenters. The summed E-state index contributed by atoms with van der Waals surface area (Å²) < 4.78 is 30.5. The Morgan fingerprint density at radius 2 is 2.26 bits per heavy atom. The van der Waals surface area contributed by atoms with Gasteiger partial charge < -0.3 is 14.6 Å². The number of aryl methyl sites for hydroxylation is 1. The number of carbonyl (C=O) groups is 2. The molecule has 1 aliphatic rings. The van der Waals surface area contributed by atoms with E-state index in [9.17, 15) is 18.4 Å². The summed E-state index contributed by atoms with van der Waals surface area (Å²) in [5.41, 5.74) is 1.16. The molecule has 23 heavy (non-hydrogen) atoms. The quantitative estimate of drug-likeness (QED) is 0.923. The van der Waals surface area contributed by atoms with E-state index in [4.69, 9.17) is 4.42 Å². The van der Waals surface area contributed by atoms with Crippen molar-refractivity contribution in [2.75, 3.05) is 16.8 Å². The van der Waals surface area contributed by atoms with Crippen molar-refractivity contribution >= 4 is 23.2 Å². The number of amides is 2. The highest BCUT2D eigenvalue weighted by Gasteiger charge is 2.29. The number of hydrogen-bond acceptors (Lipinski definition) is 4. The van der Waals surface area contributed by atoms with E-state index in [1.165, 1.54) is 24.2 Å². The second-order valence-electron chi connectivity index (χ2n) is 5.11. The highest BCUT2D eigenvalue weighted by atomic mass is 19.3. The predicted molar refractivity (Wildman–Crippen MR) is 77.6 cm³/mol. The standard InChI is InChI=1S/C15H13F2N3O3/c1-8-6-11(14(16)17)23-13(8)15(22)20-5-3-12(21)19-9-2-4-18-7-10(9)20/h2,4,6-7,14H,3,5H2,1H3,(H,19,21). The molecule has 0 unspecified atom stereocenters. The van der Waals surface area contributed by atoms with Gasteiger partial charge in [0.2, 0.25) is 5.91 Å². The summed E-state index contributed by atoms with van der Waals surface area (Å²) in [5.74, 6) is -1.54. The number of alkyl halides is 2. The van der Waals surface area contributed by atoms with Crippen LogP contribution >= 0.6 is 0 Å². The Hall–Kier alpha value is -2.77. The van der Waals surface area contributed by atoms with Crippen molar-refractivity contribution in [1.82, 2.24) is 4.98 Å². The average Bonchev–Trinajstić information content (AvgIpc) is 2.82. The number of hydrogen-bond donors (Lipinski definition) is 1. The van der Waals surface area contributed by atoms with Crippen LogP contribution in [-0.4, -0.2) is 23.3 Å². The SMILES string of the molecule is Cc1cc(C(F)F)oc1C(=O)N1CCC(=O)Nc2ccncc21. The van der Waals surface area contributed by atoms with Gasteiger partial charge in [-0.25, -0.2) is 8.78 Å². The van der Waals surface area contributed by atoms with Gasteiger partial charge in [0, 0.05) is 24.7 Å². The summed E-state index contributed by atoms with van der Waals surface area (Å²) in [6.07, 6.45) is 0.212. The van der Waals surface area contributed by atoms with Gasteiger partial charge >= 0.3 is 0 Å². The van der Waals surface area contributed by atoms with Crippen LogP contribution in [0.25, 0.3) is 0 Å². The van der Waals surface area contributed by atoms with Gasteiger partial charge in [0.15, 0.2) is 11.5 Å². The Bertz CT molecular complexity index is 773. The van der Waals surface area contributed by atoms with Crippen LogP contribution < -0.4 is 10.2 Å². The first-order valence-corrected chi connectivity index (χ1v) is 6.91. The molecule has 6 nitrogen and oxygen atoms in total. The lowest BCUT2D eigenvalue weighted by molar-refractivity contribution is -0.115. The van der Waals surface area contributed by atoms with Crippen molar-refractivity contribution in [1.29, 1.82) is 0 Å². The Morgan fingerprint density at radius 1 is 1.48 bits per heavy atom. The number of nitrogens with one attached hydrogen (secondary N) is 1. The first-order valence-electron chi connectivity index (χ1n) is 6.91. The molecule has 2 aromatic heterocycles. The van der Waals surface area contributed by atoms with Crippen LogP contribution in [0.2, 0.25) is 0 Å². The number of halogens is 2. The third-order valence-corrected chi connectivity index (χ3v) is 3.52. The molecule has 8 heteroatoms. The van der Waals surface area contributed by atoms with Crippen LogP contribution in [0.3, 0.4) is 0 Å². The predicted octanol–water partition coefficient (Wildman–Crippen LogP) is 2.91. The molecule has 2 amide bonds. The van der Waals surface area contributed by atoms with E-state index in [1.807, 2.05) is 0 Å². The highest BCUT2D eigenvalue weighted by molar-refractivity contribution is 6.09. The number of pyridine rings is 1. The Morgan fingerprint density at radius 3 is 2.96 bits per heavy atom. The third-order valence-electron chi connectivity index (χ3n) is 3.52.